The Morgan fingerprint density at radius 2 is 2.16 bits per heavy atom. The average molecular weight is 325 g/mol. The van der Waals surface area contributed by atoms with Crippen LogP contribution in [0.5, 0.6) is 0 Å². The van der Waals surface area contributed by atoms with Crippen molar-refractivity contribution in [1.82, 2.24) is 0 Å². The van der Waals surface area contributed by atoms with Crippen molar-refractivity contribution in [3.05, 3.63) is 33.8 Å². The molecule has 1 aliphatic rings. The molecule has 0 spiro atoms. The van der Waals surface area contributed by atoms with Crippen molar-refractivity contribution in [2.24, 2.45) is 5.92 Å². The van der Waals surface area contributed by atoms with Crippen LogP contribution in [-0.4, -0.2) is 24.1 Å². The van der Waals surface area contributed by atoms with E-state index < -0.39 is 17.7 Å². The molecule has 0 radical (unpaired) electrons. The van der Waals surface area contributed by atoms with Gasteiger partial charge in [-0.15, -0.1) is 0 Å². The lowest BCUT2D eigenvalue weighted by molar-refractivity contribution is -0.154. The van der Waals surface area contributed by atoms with Crippen LogP contribution in [-0.2, 0) is 20.7 Å². The molecule has 2 rings (SSSR count). The van der Waals surface area contributed by atoms with Gasteiger partial charge in [0.1, 0.15) is 0 Å². The molecule has 0 amide bonds. The molecule has 19 heavy (non-hydrogen) atoms. The van der Waals surface area contributed by atoms with E-state index in [-0.39, 0.29) is 12.4 Å². The fourth-order valence-corrected chi connectivity index (χ4v) is 2.57. The molecule has 0 saturated carbocycles. The average Bonchev–Trinajstić information content (AvgIpc) is 2.39. The summed E-state index contributed by atoms with van der Waals surface area (Å²) in [5.74, 6) is -2.85. The van der Waals surface area contributed by atoms with E-state index >= 15 is 0 Å². The van der Waals surface area contributed by atoms with Gasteiger partial charge in [-0.3, -0.25) is 9.59 Å². The number of ketones is 2. The maximum atomic E-state index is 12.3. The van der Waals surface area contributed by atoms with E-state index in [1.165, 1.54) is 0 Å². The molecule has 1 aromatic rings. The van der Waals surface area contributed by atoms with Crippen LogP contribution in [0, 0.1) is 5.92 Å². The zero-order valence-corrected chi connectivity index (χ0v) is 12.0. The van der Waals surface area contributed by atoms with Gasteiger partial charge in [0, 0.05) is 10.0 Å². The van der Waals surface area contributed by atoms with Crippen molar-refractivity contribution in [2.45, 2.75) is 19.8 Å². The lowest BCUT2D eigenvalue weighted by Crippen LogP contribution is -2.35. The number of benzene rings is 1. The molecule has 100 valence electrons. The van der Waals surface area contributed by atoms with Gasteiger partial charge in [-0.2, -0.15) is 0 Å². The first kappa shape index (κ1) is 13.9. The van der Waals surface area contributed by atoms with Gasteiger partial charge in [0.2, 0.25) is 0 Å². The summed E-state index contributed by atoms with van der Waals surface area (Å²) in [7, 11) is 0. The van der Waals surface area contributed by atoms with Gasteiger partial charge < -0.3 is 4.74 Å². The third kappa shape index (κ3) is 2.76. The van der Waals surface area contributed by atoms with E-state index in [9.17, 15) is 14.4 Å². The van der Waals surface area contributed by atoms with Crippen LogP contribution in [0.25, 0.3) is 0 Å². The van der Waals surface area contributed by atoms with Gasteiger partial charge in [0.15, 0.2) is 5.78 Å². The smallest absolute Gasteiger partial charge is 0.375 e. The molecule has 0 fully saturated rings. The Morgan fingerprint density at radius 1 is 1.42 bits per heavy atom. The number of carbonyl (C=O) groups excluding carboxylic acids is 3. The Morgan fingerprint density at radius 3 is 2.84 bits per heavy atom. The van der Waals surface area contributed by atoms with Gasteiger partial charge in [-0.05, 0) is 37.5 Å². The number of carbonyl (C=O) groups is 3. The number of ether oxygens (including phenoxy) is 1. The highest BCUT2D eigenvalue weighted by Crippen LogP contribution is 2.28. The van der Waals surface area contributed by atoms with Gasteiger partial charge >= 0.3 is 5.97 Å². The Balaban J connectivity index is 2.26. The third-order valence-electron chi connectivity index (χ3n) is 3.15. The van der Waals surface area contributed by atoms with Crippen LogP contribution in [0.3, 0.4) is 0 Å². The lowest BCUT2D eigenvalue weighted by Gasteiger charge is -2.21. The number of hydrogen-bond acceptors (Lipinski definition) is 4. The quantitative estimate of drug-likeness (QED) is 0.486. The fourth-order valence-electron chi connectivity index (χ4n) is 2.21. The minimum atomic E-state index is -0.917. The Labute approximate surface area is 119 Å². The second kappa shape index (κ2) is 5.65. The maximum absolute atomic E-state index is 12.3. The SMILES string of the molecule is CCOC(=O)C(=O)C1CCc2ccc(Br)cc2C1=O. The minimum absolute atomic E-state index is 0.133. The summed E-state index contributed by atoms with van der Waals surface area (Å²) in [6.07, 6.45) is 0.981. The van der Waals surface area contributed by atoms with E-state index in [0.29, 0.717) is 18.4 Å². The molecule has 1 aliphatic carbocycles. The molecule has 0 aromatic heterocycles. The highest BCUT2D eigenvalue weighted by atomic mass is 79.9. The first-order valence-corrected chi connectivity index (χ1v) is 6.87. The first-order chi connectivity index (χ1) is 9.04. The molecule has 1 atom stereocenters. The summed E-state index contributed by atoms with van der Waals surface area (Å²) < 4.78 is 5.45. The number of rotatable bonds is 3. The summed E-state index contributed by atoms with van der Waals surface area (Å²) in [5.41, 5.74) is 1.43. The molecule has 0 heterocycles. The van der Waals surface area contributed by atoms with E-state index in [0.717, 1.165) is 10.0 Å². The number of fused-ring (bicyclic) bond motifs is 1. The summed E-state index contributed by atoms with van der Waals surface area (Å²) in [6, 6.07) is 5.42. The van der Waals surface area contributed by atoms with E-state index in [4.69, 9.17) is 0 Å². The van der Waals surface area contributed by atoms with Gasteiger partial charge in [-0.25, -0.2) is 4.79 Å². The largest absolute Gasteiger partial charge is 0.460 e. The number of Topliss-reactive ketones (excluding diaryl/α,β-unsaturated/α-hetero) is 2. The molecular formula is C14H13BrO4. The van der Waals surface area contributed by atoms with Crippen molar-refractivity contribution in [1.29, 1.82) is 0 Å². The van der Waals surface area contributed by atoms with Crippen LogP contribution >= 0.6 is 15.9 Å². The van der Waals surface area contributed by atoms with Crippen molar-refractivity contribution in [3.63, 3.8) is 0 Å². The summed E-state index contributed by atoms with van der Waals surface area (Å²) >= 11 is 3.30. The zero-order valence-electron chi connectivity index (χ0n) is 10.4. The topological polar surface area (TPSA) is 60.4 Å². The van der Waals surface area contributed by atoms with Gasteiger partial charge in [0.25, 0.3) is 5.78 Å². The Kier molecular flexibility index (Phi) is 4.14. The van der Waals surface area contributed by atoms with E-state index in [2.05, 4.69) is 20.7 Å². The lowest BCUT2D eigenvalue weighted by atomic mass is 9.80. The summed E-state index contributed by atoms with van der Waals surface area (Å²) in [5, 5.41) is 0. The van der Waals surface area contributed by atoms with Gasteiger partial charge in [-0.1, -0.05) is 22.0 Å². The second-order valence-corrected chi connectivity index (χ2v) is 5.26. The van der Waals surface area contributed by atoms with Crippen LogP contribution in [0.1, 0.15) is 29.3 Å². The zero-order chi connectivity index (χ0) is 14.0. The van der Waals surface area contributed by atoms with Crippen LogP contribution in [0.15, 0.2) is 22.7 Å². The van der Waals surface area contributed by atoms with Gasteiger partial charge in [0.05, 0.1) is 12.5 Å². The predicted octanol–water partition coefficient (Wildman–Crippen LogP) is 2.33. The molecule has 0 bridgehead atoms. The monoisotopic (exact) mass is 324 g/mol. The molecule has 1 unspecified atom stereocenters. The highest BCUT2D eigenvalue weighted by molar-refractivity contribution is 9.10. The van der Waals surface area contributed by atoms with E-state index in [1.807, 2.05) is 12.1 Å². The van der Waals surface area contributed by atoms with Crippen LogP contribution in [0.4, 0.5) is 0 Å². The second-order valence-electron chi connectivity index (χ2n) is 4.34. The van der Waals surface area contributed by atoms with Crippen molar-refractivity contribution >= 4 is 33.5 Å². The molecule has 0 N–H and O–H groups in total. The molecular weight excluding hydrogens is 312 g/mol. The molecule has 5 heteroatoms. The number of aryl methyl sites for hydroxylation is 1. The standard InChI is InChI=1S/C14H13BrO4/c1-2-19-14(18)13(17)10-6-4-8-3-5-9(15)7-11(8)12(10)16/h3,5,7,10H,2,4,6H2,1H3. The number of halogens is 1. The normalized spacial score (nSPS) is 17.8. The van der Waals surface area contributed by atoms with Crippen molar-refractivity contribution in [3.8, 4) is 0 Å². The van der Waals surface area contributed by atoms with E-state index in [1.54, 1.807) is 13.0 Å². The Bertz CT molecular complexity index is 550. The minimum Gasteiger partial charge on any atom is -0.460 e. The van der Waals surface area contributed by atoms with Crippen LogP contribution in [0.2, 0.25) is 0 Å². The maximum Gasteiger partial charge on any atom is 0.375 e. The molecule has 0 aliphatic heterocycles. The fraction of sp³-hybridized carbons (Fsp3) is 0.357. The predicted molar refractivity (Wildman–Crippen MR) is 71.9 cm³/mol. The van der Waals surface area contributed by atoms with Crippen molar-refractivity contribution < 1.29 is 19.1 Å². The number of esters is 1. The summed E-state index contributed by atoms with van der Waals surface area (Å²) in [6.45, 7) is 1.76. The van der Waals surface area contributed by atoms with Crippen LogP contribution < -0.4 is 0 Å². The number of hydrogen-bond donors (Lipinski definition) is 0. The molecule has 4 nitrogen and oxygen atoms in total. The highest BCUT2D eigenvalue weighted by Gasteiger charge is 2.36. The Hall–Kier alpha value is -1.49. The first-order valence-electron chi connectivity index (χ1n) is 6.08. The molecule has 1 aromatic carbocycles. The van der Waals surface area contributed by atoms with Crippen molar-refractivity contribution in [2.75, 3.05) is 6.61 Å². The third-order valence-corrected chi connectivity index (χ3v) is 3.64. The molecule has 0 saturated heterocycles. The summed E-state index contributed by atoms with van der Waals surface area (Å²) in [4.78, 5) is 35.6.